The van der Waals surface area contributed by atoms with Crippen molar-refractivity contribution in [3.8, 4) is 5.88 Å². The van der Waals surface area contributed by atoms with Crippen molar-refractivity contribution in [2.75, 3.05) is 0 Å². The number of aromatic nitrogens is 2. The fraction of sp³-hybridized carbons (Fsp3) is 0.385. The Kier molecular flexibility index (Phi) is 7.88. The lowest BCUT2D eigenvalue weighted by Crippen LogP contribution is -2.02. The quantitative estimate of drug-likeness (QED) is 0.400. The van der Waals surface area contributed by atoms with Crippen molar-refractivity contribution in [1.29, 1.82) is 0 Å². The summed E-state index contributed by atoms with van der Waals surface area (Å²) < 4.78 is 1.70. The van der Waals surface area contributed by atoms with Gasteiger partial charge in [-0.3, -0.25) is 4.79 Å². The highest BCUT2D eigenvalue weighted by molar-refractivity contribution is 5.66. The Labute approximate surface area is 184 Å². The van der Waals surface area contributed by atoms with Crippen LogP contribution in [0.1, 0.15) is 73.4 Å². The monoisotopic (exact) mass is 420 g/mol. The third-order valence-corrected chi connectivity index (χ3v) is 5.53. The molecule has 2 N–H and O–H groups in total. The maximum atomic E-state index is 10.9. The van der Waals surface area contributed by atoms with Crippen LogP contribution in [0.4, 0.5) is 0 Å². The highest BCUT2D eigenvalue weighted by atomic mass is 16.4. The molecule has 5 heteroatoms. The molecule has 0 aliphatic carbocycles. The van der Waals surface area contributed by atoms with E-state index in [0.29, 0.717) is 13.0 Å². The Morgan fingerprint density at radius 1 is 0.935 bits per heavy atom. The number of aliphatic carboxylic acids is 1. The molecule has 3 aromatic rings. The molecule has 3 rings (SSSR count). The van der Waals surface area contributed by atoms with Crippen LogP contribution in [0.25, 0.3) is 0 Å². The van der Waals surface area contributed by atoms with E-state index >= 15 is 0 Å². The summed E-state index contributed by atoms with van der Waals surface area (Å²) in [5.74, 6) is -0.251. The number of aromatic hydroxyl groups is 1. The summed E-state index contributed by atoms with van der Waals surface area (Å²) in [5.41, 5.74) is 5.34. The Morgan fingerprint density at radius 2 is 1.61 bits per heavy atom. The van der Waals surface area contributed by atoms with Crippen LogP contribution in [0.3, 0.4) is 0 Å². The Morgan fingerprint density at radius 3 is 2.26 bits per heavy atom. The van der Waals surface area contributed by atoms with Gasteiger partial charge in [-0.05, 0) is 41.9 Å². The lowest BCUT2D eigenvalue weighted by Gasteiger charge is -2.07. The Bertz CT molecular complexity index is 976. The van der Waals surface area contributed by atoms with Crippen molar-refractivity contribution in [3.63, 3.8) is 0 Å². The predicted molar refractivity (Wildman–Crippen MR) is 123 cm³/mol. The molecule has 0 aliphatic heterocycles. The summed E-state index contributed by atoms with van der Waals surface area (Å²) in [5, 5.41) is 24.3. The second-order valence-corrected chi connectivity index (χ2v) is 8.43. The third kappa shape index (κ3) is 6.45. The molecule has 0 radical (unpaired) electrons. The number of hydrogen-bond acceptors (Lipinski definition) is 3. The number of aryl methyl sites for hydroxylation is 1. The second-order valence-electron chi connectivity index (χ2n) is 8.43. The molecule has 31 heavy (non-hydrogen) atoms. The topological polar surface area (TPSA) is 75.3 Å². The highest BCUT2D eigenvalue weighted by Gasteiger charge is 2.20. The number of hydrogen-bond donors (Lipinski definition) is 2. The molecular formula is C26H32N2O3. The summed E-state index contributed by atoms with van der Waals surface area (Å²) in [6.45, 7) is 4.75. The van der Waals surface area contributed by atoms with E-state index < -0.39 is 5.97 Å². The van der Waals surface area contributed by atoms with Crippen LogP contribution >= 0.6 is 0 Å². The van der Waals surface area contributed by atoms with Gasteiger partial charge in [-0.1, -0.05) is 74.9 Å². The SMILES string of the molecule is CC(C)c1nn(Cc2ccccc2)c(O)c1Cc1ccc(CCCCCC(=O)O)cc1. The molecule has 1 aromatic heterocycles. The van der Waals surface area contributed by atoms with Crippen LogP contribution in [0.5, 0.6) is 5.88 Å². The zero-order valence-corrected chi connectivity index (χ0v) is 18.4. The van der Waals surface area contributed by atoms with Crippen molar-refractivity contribution in [3.05, 3.63) is 82.5 Å². The fourth-order valence-corrected chi connectivity index (χ4v) is 3.82. The van der Waals surface area contributed by atoms with Crippen LogP contribution in [0.15, 0.2) is 54.6 Å². The smallest absolute Gasteiger partial charge is 0.303 e. The molecule has 0 saturated carbocycles. The number of rotatable bonds is 11. The molecule has 0 unspecified atom stereocenters. The highest BCUT2D eigenvalue weighted by Crippen LogP contribution is 2.30. The number of nitrogens with zero attached hydrogens (tertiary/aromatic N) is 2. The van der Waals surface area contributed by atoms with E-state index in [2.05, 4.69) is 38.1 Å². The first-order valence-electron chi connectivity index (χ1n) is 11.1. The molecule has 0 bridgehead atoms. The number of carbonyl (C=O) groups is 1. The average Bonchev–Trinajstić information content (AvgIpc) is 3.05. The van der Waals surface area contributed by atoms with Gasteiger partial charge in [0.05, 0.1) is 12.2 Å². The largest absolute Gasteiger partial charge is 0.493 e. The molecule has 1 heterocycles. The normalized spacial score (nSPS) is 11.2. The van der Waals surface area contributed by atoms with Crippen LogP contribution in [-0.4, -0.2) is 26.0 Å². The van der Waals surface area contributed by atoms with E-state index in [1.54, 1.807) is 4.68 Å². The first-order chi connectivity index (χ1) is 14.9. The lowest BCUT2D eigenvalue weighted by molar-refractivity contribution is -0.137. The predicted octanol–water partition coefficient (Wildman–Crippen LogP) is 5.54. The van der Waals surface area contributed by atoms with E-state index in [4.69, 9.17) is 10.2 Å². The van der Waals surface area contributed by atoms with Crippen LogP contribution in [0, 0.1) is 0 Å². The lowest BCUT2D eigenvalue weighted by atomic mass is 9.98. The first kappa shape index (κ1) is 22.6. The van der Waals surface area contributed by atoms with Gasteiger partial charge >= 0.3 is 5.97 Å². The van der Waals surface area contributed by atoms with Gasteiger partial charge in [-0.2, -0.15) is 5.10 Å². The first-order valence-corrected chi connectivity index (χ1v) is 11.1. The van der Waals surface area contributed by atoms with Gasteiger partial charge in [0.1, 0.15) is 0 Å². The minimum Gasteiger partial charge on any atom is -0.493 e. The van der Waals surface area contributed by atoms with E-state index in [1.807, 2.05) is 30.3 Å². The van der Waals surface area contributed by atoms with Gasteiger partial charge in [-0.15, -0.1) is 0 Å². The van der Waals surface area contributed by atoms with E-state index in [1.165, 1.54) is 5.56 Å². The van der Waals surface area contributed by atoms with Gasteiger partial charge in [-0.25, -0.2) is 4.68 Å². The van der Waals surface area contributed by atoms with Crippen LogP contribution in [0.2, 0.25) is 0 Å². The Hall–Kier alpha value is -3.08. The summed E-state index contributed by atoms with van der Waals surface area (Å²) in [6, 6.07) is 18.5. The standard InChI is InChI=1S/C26H32N2O3/c1-19(2)25-23(26(31)28(27-25)18-22-10-6-3-7-11-22)17-21-15-13-20(14-16-21)9-5-4-8-12-24(29)30/h3,6-7,10-11,13-16,19,31H,4-5,8-9,12,17-18H2,1-2H3,(H,29,30). The third-order valence-electron chi connectivity index (χ3n) is 5.53. The molecule has 0 atom stereocenters. The minimum absolute atomic E-state index is 0.225. The van der Waals surface area contributed by atoms with E-state index in [9.17, 15) is 9.90 Å². The molecule has 0 aliphatic rings. The summed E-state index contributed by atoms with van der Waals surface area (Å²) in [4.78, 5) is 10.6. The molecule has 2 aromatic carbocycles. The zero-order valence-electron chi connectivity index (χ0n) is 18.4. The van der Waals surface area contributed by atoms with Crippen molar-refractivity contribution < 1.29 is 15.0 Å². The van der Waals surface area contributed by atoms with E-state index in [0.717, 1.165) is 48.1 Å². The van der Waals surface area contributed by atoms with Crippen molar-refractivity contribution in [1.82, 2.24) is 9.78 Å². The van der Waals surface area contributed by atoms with Gasteiger partial charge < -0.3 is 10.2 Å². The van der Waals surface area contributed by atoms with Gasteiger partial charge in [0.25, 0.3) is 0 Å². The van der Waals surface area contributed by atoms with Crippen molar-refractivity contribution in [2.45, 2.75) is 64.8 Å². The number of unbranched alkanes of at least 4 members (excludes halogenated alkanes) is 2. The number of carboxylic acid groups (broad SMARTS) is 1. The maximum Gasteiger partial charge on any atom is 0.303 e. The molecule has 164 valence electrons. The van der Waals surface area contributed by atoms with E-state index in [-0.39, 0.29) is 18.2 Å². The molecule has 0 spiro atoms. The molecule has 5 nitrogen and oxygen atoms in total. The Balaban J connectivity index is 1.66. The summed E-state index contributed by atoms with van der Waals surface area (Å²) >= 11 is 0. The van der Waals surface area contributed by atoms with Gasteiger partial charge in [0, 0.05) is 18.4 Å². The van der Waals surface area contributed by atoms with Gasteiger partial charge in [0.2, 0.25) is 5.88 Å². The summed E-state index contributed by atoms with van der Waals surface area (Å²) in [7, 11) is 0. The van der Waals surface area contributed by atoms with Gasteiger partial charge in [0.15, 0.2) is 0 Å². The van der Waals surface area contributed by atoms with Crippen molar-refractivity contribution >= 4 is 5.97 Å². The zero-order chi connectivity index (χ0) is 22.2. The number of benzene rings is 2. The average molecular weight is 421 g/mol. The minimum atomic E-state index is -0.722. The maximum absolute atomic E-state index is 10.9. The molecule has 0 amide bonds. The second kappa shape index (κ2) is 10.8. The molecule has 0 fully saturated rings. The van der Waals surface area contributed by atoms with Crippen molar-refractivity contribution in [2.24, 2.45) is 0 Å². The summed E-state index contributed by atoms with van der Waals surface area (Å²) in [6.07, 6.45) is 4.51. The van der Waals surface area contributed by atoms with Crippen LogP contribution in [-0.2, 0) is 24.2 Å². The fourth-order valence-electron chi connectivity index (χ4n) is 3.82. The molecule has 0 saturated heterocycles. The molecular weight excluding hydrogens is 388 g/mol. The number of carboxylic acids is 1. The van der Waals surface area contributed by atoms with Crippen LogP contribution < -0.4 is 0 Å².